The normalized spacial score (nSPS) is 11.2. The minimum Gasteiger partial charge on any atom is -0.492 e. The lowest BCUT2D eigenvalue weighted by Gasteiger charge is -2.23. The lowest BCUT2D eigenvalue weighted by Crippen LogP contribution is -2.41. The van der Waals surface area contributed by atoms with E-state index in [4.69, 9.17) is 9.47 Å². The lowest BCUT2D eigenvalue weighted by atomic mass is 10.3. The van der Waals surface area contributed by atoms with Crippen LogP contribution in [-0.4, -0.2) is 83.4 Å². The van der Waals surface area contributed by atoms with Gasteiger partial charge in [-0.25, -0.2) is 0 Å². The van der Waals surface area contributed by atoms with E-state index in [1.165, 1.54) is 0 Å². The third-order valence-electron chi connectivity index (χ3n) is 3.69. The molecule has 144 valence electrons. The summed E-state index contributed by atoms with van der Waals surface area (Å²) in [4.78, 5) is 8.67. The van der Waals surface area contributed by atoms with Gasteiger partial charge in [0.05, 0.1) is 13.2 Å². The van der Waals surface area contributed by atoms with Crippen LogP contribution in [0.4, 0.5) is 0 Å². The third-order valence-corrected chi connectivity index (χ3v) is 3.69. The van der Waals surface area contributed by atoms with Crippen molar-refractivity contribution in [3.05, 3.63) is 30.3 Å². The molecule has 0 bridgehead atoms. The molecule has 0 atom stereocenters. The van der Waals surface area contributed by atoms with Crippen molar-refractivity contribution in [2.45, 2.75) is 6.42 Å². The standard InChI is InChI=1S/C18H32N4O2.HI/c1-19-18(20-11-8-12-21(2)13-15-23-4)22(3)14-16-24-17-9-6-5-7-10-17;/h5-7,9-10H,8,11-16H2,1-4H3,(H,19,20);1H. The quantitative estimate of drug-likeness (QED) is 0.236. The summed E-state index contributed by atoms with van der Waals surface area (Å²) in [5.74, 6) is 1.79. The molecule has 0 spiro atoms. The number of aliphatic imine (C=N–C) groups is 1. The van der Waals surface area contributed by atoms with Gasteiger partial charge in [0.2, 0.25) is 0 Å². The number of nitrogens with one attached hydrogen (secondary N) is 1. The van der Waals surface area contributed by atoms with Gasteiger partial charge in [0.15, 0.2) is 5.96 Å². The summed E-state index contributed by atoms with van der Waals surface area (Å²) >= 11 is 0. The molecule has 1 aromatic carbocycles. The molecule has 0 saturated carbocycles. The van der Waals surface area contributed by atoms with E-state index in [-0.39, 0.29) is 24.0 Å². The minimum absolute atomic E-state index is 0. The summed E-state index contributed by atoms with van der Waals surface area (Å²) in [5, 5.41) is 3.39. The molecule has 25 heavy (non-hydrogen) atoms. The van der Waals surface area contributed by atoms with Crippen molar-refractivity contribution >= 4 is 29.9 Å². The molecule has 0 aliphatic heterocycles. The first-order valence-electron chi connectivity index (χ1n) is 8.44. The zero-order valence-electron chi connectivity index (χ0n) is 15.9. The molecule has 1 aromatic rings. The van der Waals surface area contributed by atoms with E-state index < -0.39 is 0 Å². The van der Waals surface area contributed by atoms with Gasteiger partial charge < -0.3 is 24.6 Å². The van der Waals surface area contributed by atoms with Crippen LogP contribution in [0.15, 0.2) is 35.3 Å². The average Bonchev–Trinajstić information content (AvgIpc) is 2.60. The zero-order valence-corrected chi connectivity index (χ0v) is 18.2. The van der Waals surface area contributed by atoms with Gasteiger partial charge in [0.25, 0.3) is 0 Å². The smallest absolute Gasteiger partial charge is 0.193 e. The highest BCUT2D eigenvalue weighted by Crippen LogP contribution is 2.07. The van der Waals surface area contributed by atoms with Crippen LogP contribution in [0.25, 0.3) is 0 Å². The van der Waals surface area contributed by atoms with Gasteiger partial charge in [-0.3, -0.25) is 4.99 Å². The topological polar surface area (TPSA) is 49.3 Å². The minimum atomic E-state index is 0. The predicted octanol–water partition coefficient (Wildman–Crippen LogP) is 2.16. The fourth-order valence-corrected chi connectivity index (χ4v) is 2.22. The fourth-order valence-electron chi connectivity index (χ4n) is 2.22. The predicted molar refractivity (Wildman–Crippen MR) is 115 cm³/mol. The van der Waals surface area contributed by atoms with E-state index in [0.717, 1.165) is 50.9 Å². The Bertz CT molecular complexity index is 460. The molecule has 1 rings (SSSR count). The largest absolute Gasteiger partial charge is 0.492 e. The first-order chi connectivity index (χ1) is 11.7. The van der Waals surface area contributed by atoms with Crippen LogP contribution in [0.5, 0.6) is 5.75 Å². The van der Waals surface area contributed by atoms with Crippen molar-refractivity contribution in [3.63, 3.8) is 0 Å². The van der Waals surface area contributed by atoms with Crippen LogP contribution >= 0.6 is 24.0 Å². The first-order valence-corrected chi connectivity index (χ1v) is 8.44. The zero-order chi connectivity index (χ0) is 17.6. The van der Waals surface area contributed by atoms with Crippen molar-refractivity contribution in [2.75, 3.05) is 67.6 Å². The van der Waals surface area contributed by atoms with Crippen LogP contribution in [0.3, 0.4) is 0 Å². The van der Waals surface area contributed by atoms with Gasteiger partial charge in [0.1, 0.15) is 12.4 Å². The number of rotatable bonds is 11. The van der Waals surface area contributed by atoms with E-state index in [1.807, 2.05) is 44.4 Å². The summed E-state index contributed by atoms with van der Waals surface area (Å²) in [7, 11) is 7.67. The number of methoxy groups -OCH3 is 1. The van der Waals surface area contributed by atoms with Crippen LogP contribution in [0, 0.1) is 0 Å². The summed E-state index contributed by atoms with van der Waals surface area (Å²) < 4.78 is 10.8. The number of guanidine groups is 1. The highest BCUT2D eigenvalue weighted by atomic mass is 127. The summed E-state index contributed by atoms with van der Waals surface area (Å²) in [6.45, 7) is 5.07. The number of hydrogen-bond acceptors (Lipinski definition) is 4. The number of hydrogen-bond donors (Lipinski definition) is 1. The molecule has 0 aliphatic carbocycles. The van der Waals surface area contributed by atoms with Crippen LogP contribution in [0.2, 0.25) is 0 Å². The second-order valence-corrected chi connectivity index (χ2v) is 5.71. The van der Waals surface area contributed by atoms with Gasteiger partial charge in [-0.2, -0.15) is 0 Å². The molecule has 0 aliphatic rings. The van der Waals surface area contributed by atoms with Gasteiger partial charge in [0, 0.05) is 34.3 Å². The van der Waals surface area contributed by atoms with Crippen LogP contribution in [0.1, 0.15) is 6.42 Å². The molecular weight excluding hydrogens is 431 g/mol. The molecular formula is C18H33IN4O2. The monoisotopic (exact) mass is 464 g/mol. The fraction of sp³-hybridized carbons (Fsp3) is 0.611. The van der Waals surface area contributed by atoms with E-state index in [0.29, 0.717) is 6.61 Å². The Kier molecular flexibility index (Phi) is 14.6. The lowest BCUT2D eigenvalue weighted by molar-refractivity contribution is 0.161. The summed E-state index contributed by atoms with van der Waals surface area (Å²) in [6, 6.07) is 9.87. The first kappa shape index (κ1) is 23.9. The molecule has 0 amide bonds. The van der Waals surface area contributed by atoms with Crippen molar-refractivity contribution in [2.24, 2.45) is 4.99 Å². The Morgan fingerprint density at radius 1 is 1.08 bits per heavy atom. The SMILES string of the molecule is CN=C(NCCCN(C)CCOC)N(C)CCOc1ccccc1.I. The summed E-state index contributed by atoms with van der Waals surface area (Å²) in [5.41, 5.74) is 0. The maximum absolute atomic E-state index is 5.72. The summed E-state index contributed by atoms with van der Waals surface area (Å²) in [6.07, 6.45) is 1.06. The second kappa shape index (κ2) is 15.2. The number of para-hydroxylation sites is 1. The number of halogens is 1. The molecule has 7 heteroatoms. The highest BCUT2D eigenvalue weighted by molar-refractivity contribution is 14.0. The molecule has 0 aromatic heterocycles. The Morgan fingerprint density at radius 2 is 1.80 bits per heavy atom. The maximum atomic E-state index is 5.72. The van der Waals surface area contributed by atoms with Crippen molar-refractivity contribution < 1.29 is 9.47 Å². The second-order valence-electron chi connectivity index (χ2n) is 5.71. The van der Waals surface area contributed by atoms with E-state index in [1.54, 1.807) is 7.11 Å². The van der Waals surface area contributed by atoms with Gasteiger partial charge >= 0.3 is 0 Å². The molecule has 6 nitrogen and oxygen atoms in total. The average molecular weight is 464 g/mol. The number of likely N-dealkylation sites (N-methyl/N-ethyl adjacent to an activating group) is 2. The number of nitrogens with zero attached hydrogens (tertiary/aromatic N) is 3. The Labute approximate surface area is 169 Å². The van der Waals surface area contributed by atoms with Crippen LogP contribution < -0.4 is 10.1 Å². The van der Waals surface area contributed by atoms with E-state index >= 15 is 0 Å². The van der Waals surface area contributed by atoms with E-state index in [2.05, 4.69) is 27.2 Å². The van der Waals surface area contributed by atoms with Gasteiger partial charge in [-0.1, -0.05) is 18.2 Å². The molecule has 0 radical (unpaired) electrons. The molecule has 0 heterocycles. The third kappa shape index (κ3) is 11.2. The molecule has 0 fully saturated rings. The maximum Gasteiger partial charge on any atom is 0.193 e. The number of ether oxygens (including phenoxy) is 2. The van der Waals surface area contributed by atoms with Crippen molar-refractivity contribution in [1.29, 1.82) is 0 Å². The van der Waals surface area contributed by atoms with Crippen molar-refractivity contribution in [1.82, 2.24) is 15.1 Å². The Balaban J connectivity index is 0.00000576. The highest BCUT2D eigenvalue weighted by Gasteiger charge is 2.05. The van der Waals surface area contributed by atoms with Gasteiger partial charge in [-0.15, -0.1) is 24.0 Å². The van der Waals surface area contributed by atoms with Crippen molar-refractivity contribution in [3.8, 4) is 5.75 Å². The Hall–Kier alpha value is -1.06. The molecule has 0 saturated heterocycles. The van der Waals surface area contributed by atoms with E-state index in [9.17, 15) is 0 Å². The Morgan fingerprint density at radius 3 is 2.44 bits per heavy atom. The van der Waals surface area contributed by atoms with Gasteiger partial charge in [-0.05, 0) is 32.1 Å². The number of benzene rings is 1. The molecule has 0 unspecified atom stereocenters. The van der Waals surface area contributed by atoms with Crippen LogP contribution in [-0.2, 0) is 4.74 Å². The molecule has 1 N–H and O–H groups in total.